The van der Waals surface area contributed by atoms with Gasteiger partial charge >= 0.3 is 0 Å². The molecule has 58 valence electrons. The van der Waals surface area contributed by atoms with Crippen LogP contribution in [0.5, 0.6) is 0 Å². The molecule has 0 aliphatic heterocycles. The zero-order chi connectivity index (χ0) is 8.10. The molecule has 0 atom stereocenters. The van der Waals surface area contributed by atoms with E-state index in [9.17, 15) is 4.79 Å². The first-order valence-electron chi connectivity index (χ1n) is 3.60. The second-order valence-electron chi connectivity index (χ2n) is 2.35. The SMILES string of the molecule is C=CCCn1ccc(=O)cc1. The van der Waals surface area contributed by atoms with E-state index >= 15 is 0 Å². The van der Waals surface area contributed by atoms with E-state index in [1.165, 1.54) is 0 Å². The first kappa shape index (κ1) is 7.79. The Morgan fingerprint density at radius 2 is 2.09 bits per heavy atom. The third kappa shape index (κ3) is 2.42. The predicted octanol–water partition coefficient (Wildman–Crippen LogP) is 1.42. The molecule has 2 heteroatoms. The summed E-state index contributed by atoms with van der Waals surface area (Å²) in [6.45, 7) is 4.51. The molecule has 0 fully saturated rings. The van der Waals surface area contributed by atoms with Crippen LogP contribution in [0.15, 0.2) is 42.0 Å². The van der Waals surface area contributed by atoms with Gasteiger partial charge in [0.1, 0.15) is 0 Å². The zero-order valence-corrected chi connectivity index (χ0v) is 6.36. The summed E-state index contributed by atoms with van der Waals surface area (Å²) in [5.74, 6) is 0. The molecule has 11 heavy (non-hydrogen) atoms. The number of pyridine rings is 1. The topological polar surface area (TPSA) is 22.0 Å². The van der Waals surface area contributed by atoms with Crippen LogP contribution in [-0.2, 0) is 6.54 Å². The summed E-state index contributed by atoms with van der Waals surface area (Å²) >= 11 is 0. The Labute approximate surface area is 65.8 Å². The van der Waals surface area contributed by atoms with Crippen LogP contribution >= 0.6 is 0 Å². The van der Waals surface area contributed by atoms with Crippen molar-refractivity contribution in [3.05, 3.63) is 47.4 Å². The van der Waals surface area contributed by atoms with E-state index in [4.69, 9.17) is 0 Å². The number of aromatic nitrogens is 1. The van der Waals surface area contributed by atoms with Crippen molar-refractivity contribution < 1.29 is 0 Å². The molecule has 2 nitrogen and oxygen atoms in total. The molecule has 1 aromatic rings. The lowest BCUT2D eigenvalue weighted by Crippen LogP contribution is -2.02. The third-order valence-electron chi connectivity index (χ3n) is 1.45. The minimum Gasteiger partial charge on any atom is -0.354 e. The van der Waals surface area contributed by atoms with Crippen molar-refractivity contribution in [2.75, 3.05) is 0 Å². The van der Waals surface area contributed by atoms with Crippen LogP contribution in [0.25, 0.3) is 0 Å². The van der Waals surface area contributed by atoms with Crippen molar-refractivity contribution in [2.45, 2.75) is 13.0 Å². The van der Waals surface area contributed by atoms with Crippen LogP contribution in [0.3, 0.4) is 0 Å². The molecule has 0 saturated heterocycles. The number of aryl methyl sites for hydroxylation is 1. The molecule has 1 heterocycles. The van der Waals surface area contributed by atoms with Gasteiger partial charge in [-0.05, 0) is 6.42 Å². The van der Waals surface area contributed by atoms with Gasteiger partial charge in [0.25, 0.3) is 0 Å². The summed E-state index contributed by atoms with van der Waals surface area (Å²) in [6, 6.07) is 3.12. The molecular formula is C9H11NO. The number of rotatable bonds is 3. The largest absolute Gasteiger partial charge is 0.354 e. The van der Waals surface area contributed by atoms with E-state index in [2.05, 4.69) is 6.58 Å². The molecule has 0 aromatic carbocycles. The number of allylic oxidation sites excluding steroid dienone is 1. The van der Waals surface area contributed by atoms with Crippen molar-refractivity contribution in [1.29, 1.82) is 0 Å². The zero-order valence-electron chi connectivity index (χ0n) is 6.36. The molecule has 0 spiro atoms. The lowest BCUT2D eigenvalue weighted by Gasteiger charge is -2.00. The summed E-state index contributed by atoms with van der Waals surface area (Å²) in [7, 11) is 0. The average Bonchev–Trinajstić information content (AvgIpc) is 2.04. The maximum absolute atomic E-state index is 10.7. The predicted molar refractivity (Wildman–Crippen MR) is 45.5 cm³/mol. The van der Waals surface area contributed by atoms with Crippen molar-refractivity contribution in [1.82, 2.24) is 4.57 Å². The third-order valence-corrected chi connectivity index (χ3v) is 1.45. The smallest absolute Gasteiger partial charge is 0.181 e. The van der Waals surface area contributed by atoms with Crippen molar-refractivity contribution in [3.8, 4) is 0 Å². The molecule has 0 bridgehead atoms. The Balaban J connectivity index is 2.66. The maximum atomic E-state index is 10.7. The van der Waals surface area contributed by atoms with E-state index in [-0.39, 0.29) is 5.43 Å². The van der Waals surface area contributed by atoms with Gasteiger partial charge in [0, 0.05) is 31.1 Å². The van der Waals surface area contributed by atoms with Crippen molar-refractivity contribution >= 4 is 0 Å². The van der Waals surface area contributed by atoms with Gasteiger partial charge in [-0.25, -0.2) is 0 Å². The van der Waals surface area contributed by atoms with Crippen LogP contribution in [0.4, 0.5) is 0 Å². The first-order valence-corrected chi connectivity index (χ1v) is 3.60. The van der Waals surface area contributed by atoms with Crippen LogP contribution < -0.4 is 5.43 Å². The molecule has 0 amide bonds. The van der Waals surface area contributed by atoms with Gasteiger partial charge in [-0.3, -0.25) is 4.79 Å². The van der Waals surface area contributed by atoms with Gasteiger partial charge in [0.2, 0.25) is 0 Å². The Morgan fingerprint density at radius 1 is 1.45 bits per heavy atom. The minimum atomic E-state index is 0.0554. The molecular weight excluding hydrogens is 138 g/mol. The highest BCUT2D eigenvalue weighted by Gasteiger charge is 1.85. The van der Waals surface area contributed by atoms with Crippen molar-refractivity contribution in [2.24, 2.45) is 0 Å². The molecule has 0 aliphatic rings. The molecule has 1 aromatic heterocycles. The average molecular weight is 149 g/mol. The fourth-order valence-corrected chi connectivity index (χ4v) is 0.833. The first-order chi connectivity index (χ1) is 5.33. The van der Waals surface area contributed by atoms with Gasteiger partial charge in [-0.15, -0.1) is 6.58 Å². The van der Waals surface area contributed by atoms with Crippen LogP contribution in [-0.4, -0.2) is 4.57 Å². The molecule has 0 aliphatic carbocycles. The second-order valence-corrected chi connectivity index (χ2v) is 2.35. The van der Waals surface area contributed by atoms with Gasteiger partial charge in [0.15, 0.2) is 5.43 Å². The molecule has 0 saturated carbocycles. The minimum absolute atomic E-state index is 0.0554. The fourth-order valence-electron chi connectivity index (χ4n) is 0.833. The Hall–Kier alpha value is -1.31. The number of hydrogen-bond acceptors (Lipinski definition) is 1. The highest BCUT2D eigenvalue weighted by Crippen LogP contribution is 1.88. The summed E-state index contributed by atoms with van der Waals surface area (Å²) in [5.41, 5.74) is 0.0554. The lowest BCUT2D eigenvalue weighted by atomic mass is 10.4. The summed E-state index contributed by atoms with van der Waals surface area (Å²) in [5, 5.41) is 0. The van der Waals surface area contributed by atoms with Crippen LogP contribution in [0.1, 0.15) is 6.42 Å². The van der Waals surface area contributed by atoms with E-state index in [0.717, 1.165) is 13.0 Å². The quantitative estimate of drug-likeness (QED) is 0.596. The van der Waals surface area contributed by atoms with E-state index in [1.807, 2.05) is 10.6 Å². The van der Waals surface area contributed by atoms with Gasteiger partial charge in [-0.2, -0.15) is 0 Å². The molecule has 1 rings (SSSR count). The Morgan fingerprint density at radius 3 is 2.64 bits per heavy atom. The fraction of sp³-hybridized carbons (Fsp3) is 0.222. The van der Waals surface area contributed by atoms with E-state index in [1.54, 1.807) is 24.5 Å². The van der Waals surface area contributed by atoms with Crippen molar-refractivity contribution in [3.63, 3.8) is 0 Å². The van der Waals surface area contributed by atoms with E-state index in [0.29, 0.717) is 0 Å². The standard InChI is InChI=1S/C9H11NO/c1-2-3-6-10-7-4-9(11)5-8-10/h2,4-5,7-8H,1,3,6H2. The van der Waals surface area contributed by atoms with Gasteiger partial charge in [0.05, 0.1) is 0 Å². The monoisotopic (exact) mass is 149 g/mol. The number of nitrogens with zero attached hydrogens (tertiary/aromatic N) is 1. The van der Waals surface area contributed by atoms with Crippen LogP contribution in [0.2, 0.25) is 0 Å². The summed E-state index contributed by atoms with van der Waals surface area (Å²) in [4.78, 5) is 10.7. The molecule has 0 radical (unpaired) electrons. The van der Waals surface area contributed by atoms with Gasteiger partial charge < -0.3 is 4.57 Å². The number of hydrogen-bond donors (Lipinski definition) is 0. The Kier molecular flexibility index (Phi) is 2.66. The van der Waals surface area contributed by atoms with Crippen LogP contribution in [0, 0.1) is 0 Å². The highest BCUT2D eigenvalue weighted by molar-refractivity contribution is 4.93. The highest BCUT2D eigenvalue weighted by atomic mass is 16.1. The summed E-state index contributed by atoms with van der Waals surface area (Å²) in [6.07, 6.45) is 6.36. The normalized spacial score (nSPS) is 9.45. The summed E-state index contributed by atoms with van der Waals surface area (Å²) < 4.78 is 1.96. The van der Waals surface area contributed by atoms with Gasteiger partial charge in [-0.1, -0.05) is 6.08 Å². The molecule has 0 unspecified atom stereocenters. The molecule has 0 N–H and O–H groups in total. The van der Waals surface area contributed by atoms with E-state index < -0.39 is 0 Å². The Bertz CT molecular complexity index is 267. The second kappa shape index (κ2) is 3.76. The lowest BCUT2D eigenvalue weighted by molar-refractivity contribution is 0.704. The maximum Gasteiger partial charge on any atom is 0.181 e.